The van der Waals surface area contributed by atoms with Gasteiger partial charge in [-0.15, -0.1) is 0 Å². The van der Waals surface area contributed by atoms with Gasteiger partial charge in [-0.3, -0.25) is 14.5 Å². The van der Waals surface area contributed by atoms with Crippen LogP contribution in [0, 0.1) is 11.3 Å². The molecule has 7 rings (SSSR count). The average Bonchev–Trinajstić information content (AvgIpc) is 3.58. The molecule has 3 aromatic rings. The van der Waals surface area contributed by atoms with E-state index in [1.54, 1.807) is 7.11 Å². The first-order valence-corrected chi connectivity index (χ1v) is 13.8. The van der Waals surface area contributed by atoms with E-state index in [1.807, 2.05) is 77.7 Å². The van der Waals surface area contributed by atoms with E-state index < -0.39 is 17.6 Å². The van der Waals surface area contributed by atoms with Crippen molar-refractivity contribution in [2.24, 2.45) is 11.3 Å². The molecule has 0 spiro atoms. The molecule has 8 nitrogen and oxygen atoms in total. The summed E-state index contributed by atoms with van der Waals surface area (Å²) in [4.78, 5) is 32.2. The van der Waals surface area contributed by atoms with Gasteiger partial charge in [-0.05, 0) is 61.9 Å². The van der Waals surface area contributed by atoms with Crippen molar-refractivity contribution in [1.82, 2.24) is 4.90 Å². The third kappa shape index (κ3) is 3.48. The van der Waals surface area contributed by atoms with E-state index in [4.69, 9.17) is 18.9 Å². The molecule has 1 unspecified atom stereocenters. The van der Waals surface area contributed by atoms with Gasteiger partial charge >= 0.3 is 5.97 Å². The second-order valence-corrected chi connectivity index (χ2v) is 11.0. The highest BCUT2D eigenvalue weighted by molar-refractivity contribution is 6.05. The van der Waals surface area contributed by atoms with Crippen LogP contribution >= 0.6 is 0 Å². The number of rotatable bonds is 6. The van der Waals surface area contributed by atoms with Gasteiger partial charge in [0.05, 0.1) is 26.3 Å². The maximum absolute atomic E-state index is 14.0. The van der Waals surface area contributed by atoms with E-state index in [2.05, 4.69) is 11.0 Å². The molecule has 0 aliphatic carbocycles. The molecule has 0 saturated carbocycles. The van der Waals surface area contributed by atoms with Gasteiger partial charge in [0.15, 0.2) is 6.10 Å². The number of nitrogens with zero attached hydrogens (tertiary/aromatic N) is 2. The average molecular weight is 541 g/mol. The maximum atomic E-state index is 14.0. The van der Waals surface area contributed by atoms with Crippen LogP contribution < -0.4 is 19.1 Å². The Hall–Kier alpha value is -4.04. The van der Waals surface area contributed by atoms with Crippen molar-refractivity contribution < 1.29 is 28.5 Å². The molecule has 4 heterocycles. The Balaban J connectivity index is 1.38. The minimum absolute atomic E-state index is 0.0552. The van der Waals surface area contributed by atoms with E-state index in [1.165, 1.54) is 7.11 Å². The summed E-state index contributed by atoms with van der Waals surface area (Å²) >= 11 is 0. The molecule has 0 aromatic heterocycles. The highest BCUT2D eigenvalue weighted by atomic mass is 16.5. The van der Waals surface area contributed by atoms with Crippen LogP contribution in [0.5, 0.6) is 17.2 Å². The van der Waals surface area contributed by atoms with Gasteiger partial charge in [-0.25, -0.2) is 0 Å². The molecule has 3 saturated heterocycles. The van der Waals surface area contributed by atoms with Gasteiger partial charge < -0.3 is 23.8 Å². The fraction of sp³-hybridized carbons (Fsp3) is 0.375. The zero-order chi connectivity index (χ0) is 27.4. The number of β-lactam (4-membered cyclic amide) rings is 1. The number of benzene rings is 3. The van der Waals surface area contributed by atoms with Crippen molar-refractivity contribution in [2.45, 2.75) is 37.1 Å². The van der Waals surface area contributed by atoms with Crippen LogP contribution in [-0.2, 0) is 14.3 Å². The minimum Gasteiger partial charge on any atom is -0.497 e. The summed E-state index contributed by atoms with van der Waals surface area (Å²) in [5.74, 6) is 1.40. The normalized spacial score (nSPS) is 30.4. The molecular formula is C32H32N2O6. The van der Waals surface area contributed by atoms with Crippen LogP contribution in [0.1, 0.15) is 24.4 Å². The number of esters is 1. The van der Waals surface area contributed by atoms with E-state index in [0.717, 1.165) is 36.4 Å². The minimum atomic E-state index is -1.01. The van der Waals surface area contributed by atoms with Gasteiger partial charge in [-0.2, -0.15) is 0 Å². The van der Waals surface area contributed by atoms with Crippen LogP contribution in [0.4, 0.5) is 5.69 Å². The molecule has 0 bridgehead atoms. The Labute approximate surface area is 233 Å². The molecule has 6 atom stereocenters. The predicted octanol–water partition coefficient (Wildman–Crippen LogP) is 4.25. The number of carbonyl (C=O) groups is 2. The molecule has 4 aliphatic rings. The summed E-state index contributed by atoms with van der Waals surface area (Å²) in [5.41, 5.74) is 0.729. The Bertz CT molecular complexity index is 1430. The third-order valence-electron chi connectivity index (χ3n) is 9.23. The third-order valence-corrected chi connectivity index (χ3v) is 9.23. The number of hydrogen-bond acceptors (Lipinski definition) is 7. The summed E-state index contributed by atoms with van der Waals surface area (Å²) in [7, 11) is 3.06. The Kier molecular flexibility index (Phi) is 5.96. The molecule has 206 valence electrons. The van der Waals surface area contributed by atoms with E-state index in [9.17, 15) is 9.59 Å². The highest BCUT2D eigenvalue weighted by Crippen LogP contribution is 2.63. The van der Waals surface area contributed by atoms with E-state index in [-0.39, 0.29) is 36.5 Å². The summed E-state index contributed by atoms with van der Waals surface area (Å²) in [6.45, 7) is 1.05. The van der Waals surface area contributed by atoms with Crippen LogP contribution in [0.15, 0.2) is 78.9 Å². The molecule has 0 N–H and O–H groups in total. The number of fused-ring (bicyclic) bond motifs is 5. The van der Waals surface area contributed by atoms with Crippen molar-refractivity contribution in [1.29, 1.82) is 0 Å². The van der Waals surface area contributed by atoms with Crippen molar-refractivity contribution in [3.63, 3.8) is 0 Å². The smallest absolute Gasteiger partial charge is 0.317 e. The lowest BCUT2D eigenvalue weighted by atomic mass is 9.62. The molecular weight excluding hydrogens is 508 g/mol. The molecule has 4 aliphatic heterocycles. The maximum Gasteiger partial charge on any atom is 0.317 e. The van der Waals surface area contributed by atoms with Crippen LogP contribution in [0.25, 0.3) is 0 Å². The van der Waals surface area contributed by atoms with Crippen molar-refractivity contribution in [3.8, 4) is 17.2 Å². The lowest BCUT2D eigenvalue weighted by Gasteiger charge is -2.54. The first-order chi connectivity index (χ1) is 19.6. The number of ether oxygens (including phenoxy) is 4. The van der Waals surface area contributed by atoms with Gasteiger partial charge in [0.25, 0.3) is 5.91 Å². The lowest BCUT2D eigenvalue weighted by Crippen LogP contribution is -2.73. The molecule has 40 heavy (non-hydrogen) atoms. The van der Waals surface area contributed by atoms with E-state index in [0.29, 0.717) is 11.5 Å². The number of hydrogen-bond donors (Lipinski definition) is 0. The molecule has 0 radical (unpaired) electrons. The van der Waals surface area contributed by atoms with Crippen LogP contribution in [0.2, 0.25) is 0 Å². The molecule has 3 aromatic carbocycles. The van der Waals surface area contributed by atoms with Crippen LogP contribution in [0.3, 0.4) is 0 Å². The molecule has 8 heteroatoms. The Morgan fingerprint density at radius 2 is 1.70 bits per heavy atom. The number of anilines is 1. The topological polar surface area (TPSA) is 77.5 Å². The van der Waals surface area contributed by atoms with Crippen LogP contribution in [-0.4, -0.2) is 62.3 Å². The van der Waals surface area contributed by atoms with E-state index >= 15 is 0 Å². The zero-order valence-corrected chi connectivity index (χ0v) is 22.6. The highest BCUT2D eigenvalue weighted by Gasteiger charge is 2.73. The first kappa shape index (κ1) is 25.0. The predicted molar refractivity (Wildman–Crippen MR) is 147 cm³/mol. The standard InChI is InChI=1S/C32H32N2O6/c1-37-21-16-14-20(15-17-21)34-27(28(30(34)35)40-22-9-4-3-5-10-22)26-24-12-8-18-33(24)29-23-11-6-7-13-25(23)39-19-32(26,29)31(36)38-2/h3-7,9-11,13-17,24,26-29H,8,12,18-19H2,1-2H3/t24?,26-,27-,28-,29-,32+/m0/s1. The number of carbonyl (C=O) groups excluding carboxylic acids is 2. The SMILES string of the molecule is COC(=O)[C@@]12COc3ccccc3[C@@H]1N1CCCC1[C@H]2[C@H]1[C@H](Oc2ccccc2)C(=O)N1c1ccc(OC)cc1. The quantitative estimate of drug-likeness (QED) is 0.342. The summed E-state index contributed by atoms with van der Waals surface area (Å²) < 4.78 is 23.7. The second-order valence-electron chi connectivity index (χ2n) is 11.0. The summed E-state index contributed by atoms with van der Waals surface area (Å²) in [6.07, 6.45) is 1.18. The van der Waals surface area contributed by atoms with Crippen molar-refractivity contribution in [3.05, 3.63) is 84.4 Å². The monoisotopic (exact) mass is 540 g/mol. The number of para-hydroxylation sites is 2. The Morgan fingerprint density at radius 1 is 0.950 bits per heavy atom. The van der Waals surface area contributed by atoms with Crippen molar-refractivity contribution in [2.75, 3.05) is 32.3 Å². The largest absolute Gasteiger partial charge is 0.497 e. The van der Waals surface area contributed by atoms with Gasteiger partial charge in [0.2, 0.25) is 0 Å². The second kappa shape index (κ2) is 9.55. The number of amides is 1. The first-order valence-electron chi connectivity index (χ1n) is 13.8. The number of methoxy groups -OCH3 is 2. The molecule has 1 amide bonds. The summed E-state index contributed by atoms with van der Waals surface area (Å²) in [5, 5.41) is 0. The molecule has 3 fully saturated rings. The van der Waals surface area contributed by atoms with Gasteiger partial charge in [0, 0.05) is 23.2 Å². The fourth-order valence-corrected chi connectivity index (χ4v) is 7.68. The Morgan fingerprint density at radius 3 is 2.45 bits per heavy atom. The fourth-order valence-electron chi connectivity index (χ4n) is 7.68. The van der Waals surface area contributed by atoms with Gasteiger partial charge in [-0.1, -0.05) is 36.4 Å². The van der Waals surface area contributed by atoms with Gasteiger partial charge in [0.1, 0.15) is 29.3 Å². The lowest BCUT2D eigenvalue weighted by molar-refractivity contribution is -0.165. The van der Waals surface area contributed by atoms with Crippen molar-refractivity contribution >= 4 is 17.6 Å². The zero-order valence-electron chi connectivity index (χ0n) is 22.6. The summed E-state index contributed by atoms with van der Waals surface area (Å²) in [6, 6.07) is 24.3.